The summed E-state index contributed by atoms with van der Waals surface area (Å²) in [5.74, 6) is 0. The van der Waals surface area contributed by atoms with Crippen LogP contribution in [0, 0.1) is 0 Å². The first-order valence-electron chi connectivity index (χ1n) is 46.6. The number of benzene rings is 24. The van der Waals surface area contributed by atoms with Gasteiger partial charge in [-0.1, -0.05) is 297 Å². The largest absolute Gasteiger partial charge is 0.309 e. The molecule has 0 saturated carbocycles. The van der Waals surface area contributed by atoms with E-state index in [0.717, 1.165) is 117 Å². The lowest BCUT2D eigenvalue weighted by Crippen LogP contribution is -1.99. The summed E-state index contributed by atoms with van der Waals surface area (Å²) in [6.07, 6.45) is 0. The Hall–Kier alpha value is -18.2. The molecule has 30 aromatic rings. The first kappa shape index (κ1) is 75.6. The number of fused-ring (bicyclic) bond motifs is 26. The van der Waals surface area contributed by atoms with Crippen LogP contribution in [0.4, 0.5) is 0 Å². The van der Waals surface area contributed by atoms with E-state index >= 15 is 0 Å². The van der Waals surface area contributed by atoms with Gasteiger partial charge in [-0.2, -0.15) is 0 Å². The molecule has 0 fully saturated rings. The second-order valence-corrected chi connectivity index (χ2v) is 36.3. The topological polar surface area (TPSA) is 71.3 Å². The Morgan fingerprint density at radius 1 is 0.132 bits per heavy atom. The number of nitrogens with zero attached hydrogens (tertiary/aromatic N) is 8. The van der Waals surface area contributed by atoms with Crippen molar-refractivity contribution in [3.63, 3.8) is 0 Å². The quantitative estimate of drug-likeness (QED) is 0.142. The van der Waals surface area contributed by atoms with E-state index in [1.54, 1.807) is 0 Å². The number of hydrogen-bond donors (Lipinski definition) is 0. The third-order valence-electron chi connectivity index (χ3n) is 28.7. The molecule has 0 spiro atoms. The van der Waals surface area contributed by atoms with Gasteiger partial charge in [0.1, 0.15) is 0 Å². The molecule has 8 nitrogen and oxygen atoms in total. The van der Waals surface area contributed by atoms with E-state index in [4.69, 9.17) is 19.9 Å². The van der Waals surface area contributed by atoms with Gasteiger partial charge in [0.2, 0.25) is 0 Å². The average Bonchev–Trinajstić information content (AvgIpc) is 1.54. The molecule has 0 atom stereocenters. The van der Waals surface area contributed by atoms with Crippen molar-refractivity contribution in [3.8, 4) is 67.8 Å². The molecule has 8 heteroatoms. The minimum Gasteiger partial charge on any atom is -0.309 e. The summed E-state index contributed by atoms with van der Waals surface area (Å²) in [6, 6.07) is 168. The summed E-state index contributed by atoms with van der Waals surface area (Å²) in [6.45, 7) is 0. The van der Waals surface area contributed by atoms with Crippen molar-refractivity contribution in [1.29, 1.82) is 0 Å². The first-order chi connectivity index (χ1) is 67.4. The first-order valence-corrected chi connectivity index (χ1v) is 46.6. The molecule has 628 valence electrons. The fourth-order valence-electron chi connectivity index (χ4n) is 22.4. The Kier molecular flexibility index (Phi) is 16.5. The average molecular weight is 1730 g/mol. The van der Waals surface area contributed by atoms with Crippen LogP contribution in [0.5, 0.6) is 0 Å². The van der Waals surface area contributed by atoms with Crippen molar-refractivity contribution in [3.05, 3.63) is 461 Å². The van der Waals surface area contributed by atoms with Crippen LogP contribution in [-0.2, 0) is 0 Å². The SMILES string of the molecule is c1ccc2cc3c(cc2c1)c1ccccc1n3-c1ccc2cc3c(cc2c1)c1ccccc1n3-c1cc(-c2nc3ccccc3nc2-c2ccc3c(ccc4ccccc43)c2)cc2ccccc12.c1ccc2cc3c(cc2c1)c1ccccc1n3-c1ccc2cc3c(cc2c1)c1ccccc1n3-c1ccc2ccc(-c3nc4ccccc4nc3-c3cc4ccccc4c4ccccc34)cc2c1. The maximum absolute atomic E-state index is 5.45. The highest BCUT2D eigenvalue weighted by Crippen LogP contribution is 2.47. The molecule has 24 aromatic carbocycles. The maximum Gasteiger partial charge on any atom is 0.0979 e. The summed E-state index contributed by atoms with van der Waals surface area (Å²) in [5.41, 5.74) is 25.1. The van der Waals surface area contributed by atoms with Crippen molar-refractivity contribution in [2.75, 3.05) is 0 Å². The van der Waals surface area contributed by atoms with Gasteiger partial charge in [0.15, 0.2) is 0 Å². The molecule has 0 aliphatic rings. The van der Waals surface area contributed by atoms with Crippen LogP contribution in [0.2, 0.25) is 0 Å². The monoisotopic (exact) mass is 1720 g/mol. The van der Waals surface area contributed by atoms with Crippen molar-refractivity contribution in [1.82, 2.24) is 38.2 Å². The second kappa shape index (κ2) is 29.6. The van der Waals surface area contributed by atoms with E-state index in [1.165, 1.54) is 168 Å². The van der Waals surface area contributed by atoms with E-state index in [-0.39, 0.29) is 0 Å². The lowest BCUT2D eigenvalue weighted by Gasteiger charge is -2.17. The Bertz CT molecular complexity index is 10400. The van der Waals surface area contributed by atoms with E-state index in [9.17, 15) is 0 Å². The highest BCUT2D eigenvalue weighted by atomic mass is 15.0. The molecule has 0 amide bonds. The zero-order valence-electron chi connectivity index (χ0n) is 73.5. The van der Waals surface area contributed by atoms with E-state index in [1.807, 2.05) is 24.3 Å². The highest BCUT2D eigenvalue weighted by Gasteiger charge is 2.26. The Morgan fingerprint density at radius 2 is 0.419 bits per heavy atom. The number of aromatic nitrogens is 8. The van der Waals surface area contributed by atoms with E-state index in [0.29, 0.717) is 0 Å². The van der Waals surface area contributed by atoms with Crippen molar-refractivity contribution in [2.24, 2.45) is 0 Å². The molecule has 0 bridgehead atoms. The smallest absolute Gasteiger partial charge is 0.0979 e. The second-order valence-electron chi connectivity index (χ2n) is 36.3. The van der Waals surface area contributed by atoms with Gasteiger partial charge in [0.05, 0.1) is 94.7 Å². The molecule has 136 heavy (non-hydrogen) atoms. The lowest BCUT2D eigenvalue weighted by atomic mass is 9.93. The van der Waals surface area contributed by atoms with Crippen LogP contribution >= 0.6 is 0 Å². The molecule has 0 radical (unpaired) electrons. The van der Waals surface area contributed by atoms with Crippen molar-refractivity contribution >= 4 is 217 Å². The fourth-order valence-corrected chi connectivity index (χ4v) is 22.4. The summed E-state index contributed by atoms with van der Waals surface area (Å²) in [5, 5.41) is 34.0. The van der Waals surface area contributed by atoms with Gasteiger partial charge in [-0.3, -0.25) is 0 Å². The van der Waals surface area contributed by atoms with Crippen LogP contribution in [0.15, 0.2) is 461 Å². The van der Waals surface area contributed by atoms with Gasteiger partial charge in [-0.05, 0) is 266 Å². The number of para-hydroxylation sites is 8. The zero-order chi connectivity index (χ0) is 88.9. The maximum atomic E-state index is 5.45. The Labute approximate surface area is 778 Å². The standard InChI is InChI=1S/2C64H38N4/c1-2-15-41-36-61-54(34-40(41)14-1)52-19-7-11-23-58(52)67(61)48-29-27-42-37-62-55(35-46(42)33-48)53-20-8-12-24-59(53)68(62)60-38-47(32-43-16-4-6-18-51(43)60)64-63(65-56-21-9-10-22-57(56)66-64)45-28-30-50-44(31-45)26-25-39-13-3-5-17-49(39)50;1-2-14-41-37-61-54(34-40(41)13-1)52-19-7-11-23-59(52)68(61)48-30-28-42-38-62-55(36-46(42)33-48)53-20-8-12-24-60(53)67(62)47-29-27-39-25-26-44(31-45(39)32-47)63-64(66-58-22-10-9-21-57(58)65-63)56-35-43-15-3-4-16-49(43)50-17-5-6-18-51(50)56/h2*1-38H. The van der Waals surface area contributed by atoms with Gasteiger partial charge in [0.25, 0.3) is 0 Å². The summed E-state index contributed by atoms with van der Waals surface area (Å²) < 4.78 is 9.78. The van der Waals surface area contributed by atoms with Gasteiger partial charge in [-0.25, -0.2) is 19.9 Å². The molecule has 0 aliphatic heterocycles. The number of hydrogen-bond acceptors (Lipinski definition) is 4. The third kappa shape index (κ3) is 11.8. The third-order valence-corrected chi connectivity index (χ3v) is 28.7. The molecular formula is C128H76N8. The number of rotatable bonds is 8. The van der Waals surface area contributed by atoms with E-state index < -0.39 is 0 Å². The van der Waals surface area contributed by atoms with Crippen LogP contribution in [0.1, 0.15) is 0 Å². The molecular weight excluding hydrogens is 1650 g/mol. The summed E-state index contributed by atoms with van der Waals surface area (Å²) in [4.78, 5) is 21.6. The predicted octanol–water partition coefficient (Wildman–Crippen LogP) is 33.8. The molecule has 0 N–H and O–H groups in total. The normalized spacial score (nSPS) is 12.1. The van der Waals surface area contributed by atoms with Crippen LogP contribution in [0.3, 0.4) is 0 Å². The van der Waals surface area contributed by atoms with Crippen molar-refractivity contribution in [2.45, 2.75) is 0 Å². The molecule has 0 saturated heterocycles. The molecule has 6 aromatic heterocycles. The Balaban J connectivity index is 0.000000132. The predicted molar refractivity (Wildman–Crippen MR) is 573 cm³/mol. The van der Waals surface area contributed by atoms with Gasteiger partial charge in [0, 0.05) is 87.8 Å². The van der Waals surface area contributed by atoms with Gasteiger partial charge >= 0.3 is 0 Å². The molecule has 6 heterocycles. The molecule has 30 rings (SSSR count). The minimum absolute atomic E-state index is 0.854. The van der Waals surface area contributed by atoms with Crippen molar-refractivity contribution < 1.29 is 0 Å². The molecule has 0 aliphatic carbocycles. The van der Waals surface area contributed by atoms with E-state index in [2.05, 4.69) is 455 Å². The Morgan fingerprint density at radius 3 is 0.919 bits per heavy atom. The van der Waals surface area contributed by atoms with Gasteiger partial charge < -0.3 is 18.3 Å². The zero-order valence-corrected chi connectivity index (χ0v) is 73.5. The lowest BCUT2D eigenvalue weighted by molar-refractivity contribution is 1.18. The van der Waals surface area contributed by atoms with Crippen LogP contribution in [0.25, 0.3) is 285 Å². The van der Waals surface area contributed by atoms with Gasteiger partial charge in [-0.15, -0.1) is 0 Å². The van der Waals surface area contributed by atoms with Crippen LogP contribution in [-0.4, -0.2) is 38.2 Å². The van der Waals surface area contributed by atoms with Crippen LogP contribution < -0.4 is 0 Å². The summed E-state index contributed by atoms with van der Waals surface area (Å²) >= 11 is 0. The fraction of sp³-hybridized carbons (Fsp3) is 0. The minimum atomic E-state index is 0.854. The summed E-state index contributed by atoms with van der Waals surface area (Å²) in [7, 11) is 0. The highest BCUT2D eigenvalue weighted by molar-refractivity contribution is 6.21. The molecule has 0 unspecified atom stereocenters.